The number of methoxy groups -OCH3 is 1. The number of carbonyl (C=O) groups excluding carboxylic acids is 1. The molecule has 0 bridgehead atoms. The van der Waals surface area contributed by atoms with Crippen LogP contribution < -0.4 is 14.2 Å². The standard InChI is InChI=1S/C23H24O6/c1-14(2)23(24)26-8-4-5-15-9-17-12-19(29-22(17)21(10-15)25-3)16-6-7-18-20(11-16)28-13-27-18/h6-7,9-12,14H,4-5,8,13H2,1-3H3. The maximum Gasteiger partial charge on any atom is 0.308 e. The molecule has 2 aromatic carbocycles. The highest BCUT2D eigenvalue weighted by Gasteiger charge is 2.17. The number of fused-ring (bicyclic) bond motifs is 2. The van der Waals surface area contributed by atoms with Gasteiger partial charge in [-0.1, -0.05) is 13.8 Å². The van der Waals surface area contributed by atoms with Crippen molar-refractivity contribution >= 4 is 16.9 Å². The fourth-order valence-corrected chi connectivity index (χ4v) is 3.28. The van der Waals surface area contributed by atoms with Crippen LogP contribution in [-0.4, -0.2) is 26.5 Å². The van der Waals surface area contributed by atoms with E-state index in [9.17, 15) is 4.79 Å². The van der Waals surface area contributed by atoms with Crippen LogP contribution in [0, 0.1) is 5.92 Å². The summed E-state index contributed by atoms with van der Waals surface area (Å²) in [6.45, 7) is 4.31. The van der Waals surface area contributed by atoms with Gasteiger partial charge in [0.25, 0.3) is 0 Å². The fraction of sp³-hybridized carbons (Fsp3) is 0.348. The lowest BCUT2D eigenvalue weighted by Gasteiger charge is -2.08. The SMILES string of the molecule is COc1cc(CCCOC(=O)C(C)C)cc2cc(-c3ccc4c(c3)OCO4)oc12. The van der Waals surface area contributed by atoms with E-state index in [0.717, 1.165) is 40.9 Å². The van der Waals surface area contributed by atoms with Gasteiger partial charge in [-0.15, -0.1) is 0 Å². The fourth-order valence-electron chi connectivity index (χ4n) is 3.28. The van der Waals surface area contributed by atoms with E-state index in [1.54, 1.807) is 7.11 Å². The molecule has 0 amide bonds. The van der Waals surface area contributed by atoms with Crippen LogP contribution in [0.4, 0.5) is 0 Å². The van der Waals surface area contributed by atoms with Crippen molar-refractivity contribution < 1.29 is 28.2 Å². The molecule has 0 unspecified atom stereocenters. The monoisotopic (exact) mass is 396 g/mol. The van der Waals surface area contributed by atoms with Crippen molar-refractivity contribution in [1.82, 2.24) is 0 Å². The average Bonchev–Trinajstić information content (AvgIpc) is 3.36. The molecule has 0 atom stereocenters. The summed E-state index contributed by atoms with van der Waals surface area (Å²) in [5, 5.41) is 0.964. The molecule has 0 fully saturated rings. The molecule has 0 aliphatic carbocycles. The van der Waals surface area contributed by atoms with Gasteiger partial charge in [0, 0.05) is 10.9 Å². The Labute approximate surface area is 169 Å². The molecule has 152 valence electrons. The Morgan fingerprint density at radius 3 is 2.72 bits per heavy atom. The van der Waals surface area contributed by atoms with Crippen molar-refractivity contribution in [3.05, 3.63) is 42.0 Å². The molecule has 1 aromatic heterocycles. The first kappa shape index (κ1) is 19.2. The average molecular weight is 396 g/mol. The minimum atomic E-state index is -0.166. The van der Waals surface area contributed by atoms with Gasteiger partial charge in [0.1, 0.15) is 5.76 Å². The molecule has 3 aromatic rings. The van der Waals surface area contributed by atoms with Crippen molar-refractivity contribution in [3.63, 3.8) is 0 Å². The molecule has 1 aliphatic rings. The van der Waals surface area contributed by atoms with Gasteiger partial charge in [-0.3, -0.25) is 4.79 Å². The van der Waals surface area contributed by atoms with Crippen molar-refractivity contribution in [3.8, 4) is 28.6 Å². The third-order valence-corrected chi connectivity index (χ3v) is 4.84. The zero-order valence-electron chi connectivity index (χ0n) is 16.8. The van der Waals surface area contributed by atoms with Crippen LogP contribution in [0.3, 0.4) is 0 Å². The number of rotatable bonds is 7. The summed E-state index contributed by atoms with van der Waals surface area (Å²) >= 11 is 0. The molecule has 2 heterocycles. The minimum Gasteiger partial charge on any atom is -0.493 e. The number of aryl methyl sites for hydroxylation is 1. The smallest absolute Gasteiger partial charge is 0.308 e. The first-order valence-corrected chi connectivity index (χ1v) is 9.72. The van der Waals surface area contributed by atoms with E-state index >= 15 is 0 Å². The quantitative estimate of drug-likeness (QED) is 0.415. The topological polar surface area (TPSA) is 67.1 Å². The third-order valence-electron chi connectivity index (χ3n) is 4.84. The number of hydrogen-bond donors (Lipinski definition) is 0. The van der Waals surface area contributed by atoms with Gasteiger partial charge in [-0.05, 0) is 54.8 Å². The van der Waals surface area contributed by atoms with E-state index in [1.807, 2.05) is 44.2 Å². The second-order valence-electron chi connectivity index (χ2n) is 7.32. The van der Waals surface area contributed by atoms with Gasteiger partial charge in [-0.2, -0.15) is 0 Å². The second-order valence-corrected chi connectivity index (χ2v) is 7.32. The van der Waals surface area contributed by atoms with E-state index in [2.05, 4.69) is 6.07 Å². The van der Waals surface area contributed by atoms with Gasteiger partial charge in [0.15, 0.2) is 22.8 Å². The maximum absolute atomic E-state index is 11.6. The summed E-state index contributed by atoms with van der Waals surface area (Å²) in [5.74, 6) is 2.60. The lowest BCUT2D eigenvalue weighted by atomic mass is 10.1. The summed E-state index contributed by atoms with van der Waals surface area (Å²) < 4.78 is 27.7. The molecule has 0 radical (unpaired) electrons. The Bertz CT molecular complexity index is 1030. The highest BCUT2D eigenvalue weighted by atomic mass is 16.7. The molecule has 1 aliphatic heterocycles. The summed E-state index contributed by atoms with van der Waals surface area (Å²) in [6, 6.07) is 11.8. The summed E-state index contributed by atoms with van der Waals surface area (Å²) in [6.07, 6.45) is 1.53. The maximum atomic E-state index is 11.6. The molecule has 0 spiro atoms. The van der Waals surface area contributed by atoms with Crippen molar-refractivity contribution in [1.29, 1.82) is 0 Å². The van der Waals surface area contributed by atoms with Crippen molar-refractivity contribution in [2.75, 3.05) is 20.5 Å². The largest absolute Gasteiger partial charge is 0.493 e. The normalized spacial score (nSPS) is 12.6. The second kappa shape index (κ2) is 8.07. The van der Waals surface area contributed by atoms with Crippen LogP contribution in [0.5, 0.6) is 17.2 Å². The van der Waals surface area contributed by atoms with Gasteiger partial charge in [0.05, 0.1) is 19.6 Å². The molecule has 0 saturated carbocycles. The van der Waals surface area contributed by atoms with Crippen molar-refractivity contribution in [2.24, 2.45) is 5.92 Å². The summed E-state index contributed by atoms with van der Waals surface area (Å²) in [5.41, 5.74) is 2.72. The van der Waals surface area contributed by atoms with E-state index in [1.165, 1.54) is 0 Å². The lowest BCUT2D eigenvalue weighted by Crippen LogP contribution is -2.12. The number of benzene rings is 2. The first-order valence-electron chi connectivity index (χ1n) is 9.72. The molecule has 6 heteroatoms. The lowest BCUT2D eigenvalue weighted by molar-refractivity contribution is -0.147. The number of furan rings is 1. The first-order chi connectivity index (χ1) is 14.0. The van der Waals surface area contributed by atoms with E-state index in [0.29, 0.717) is 23.7 Å². The van der Waals surface area contributed by atoms with Gasteiger partial charge >= 0.3 is 5.97 Å². The summed E-state index contributed by atoms with van der Waals surface area (Å²) in [4.78, 5) is 11.6. The van der Waals surface area contributed by atoms with Gasteiger partial charge < -0.3 is 23.4 Å². The predicted molar refractivity (Wildman–Crippen MR) is 108 cm³/mol. The van der Waals surface area contributed by atoms with Gasteiger partial charge in [-0.25, -0.2) is 0 Å². The molecule has 0 N–H and O–H groups in total. The molecule has 6 nitrogen and oxygen atoms in total. The predicted octanol–water partition coefficient (Wildman–Crippen LogP) is 4.97. The highest BCUT2D eigenvalue weighted by Crippen LogP contribution is 2.39. The molecule has 4 rings (SSSR count). The van der Waals surface area contributed by atoms with Crippen LogP contribution in [0.25, 0.3) is 22.3 Å². The minimum absolute atomic E-state index is 0.105. The summed E-state index contributed by atoms with van der Waals surface area (Å²) in [7, 11) is 1.63. The van der Waals surface area contributed by atoms with Crippen molar-refractivity contribution in [2.45, 2.75) is 26.7 Å². The Morgan fingerprint density at radius 2 is 1.93 bits per heavy atom. The van der Waals surface area contributed by atoms with Crippen LogP contribution in [-0.2, 0) is 16.0 Å². The zero-order chi connectivity index (χ0) is 20.4. The zero-order valence-corrected chi connectivity index (χ0v) is 16.8. The molecule has 29 heavy (non-hydrogen) atoms. The third kappa shape index (κ3) is 4.01. The van der Waals surface area contributed by atoms with E-state index in [4.69, 9.17) is 23.4 Å². The number of ether oxygens (including phenoxy) is 4. The molecular weight excluding hydrogens is 372 g/mol. The number of hydrogen-bond acceptors (Lipinski definition) is 6. The Kier molecular flexibility index (Phi) is 5.34. The van der Waals surface area contributed by atoms with Crippen LogP contribution >= 0.6 is 0 Å². The number of carbonyl (C=O) groups is 1. The highest BCUT2D eigenvalue weighted by molar-refractivity contribution is 5.88. The Morgan fingerprint density at radius 1 is 1.10 bits per heavy atom. The van der Waals surface area contributed by atoms with Crippen LogP contribution in [0.15, 0.2) is 40.8 Å². The Hall–Kier alpha value is -3.15. The van der Waals surface area contributed by atoms with Crippen LogP contribution in [0.2, 0.25) is 0 Å². The van der Waals surface area contributed by atoms with E-state index in [-0.39, 0.29) is 18.7 Å². The number of esters is 1. The molecular formula is C23H24O6. The Balaban J connectivity index is 1.54. The van der Waals surface area contributed by atoms with Gasteiger partial charge in [0.2, 0.25) is 6.79 Å². The molecule has 0 saturated heterocycles. The van der Waals surface area contributed by atoms with Crippen LogP contribution in [0.1, 0.15) is 25.8 Å². The van der Waals surface area contributed by atoms with E-state index < -0.39 is 0 Å².